The van der Waals surface area contributed by atoms with E-state index in [9.17, 15) is 14.7 Å². The summed E-state index contributed by atoms with van der Waals surface area (Å²) in [6.45, 7) is 7.05. The van der Waals surface area contributed by atoms with Crippen LogP contribution in [0.5, 0.6) is 0 Å². The number of nitrogens with zero attached hydrogens (tertiary/aromatic N) is 2. The zero-order valence-corrected chi connectivity index (χ0v) is 21.4. The number of rotatable bonds is 5. The molecule has 1 unspecified atom stereocenters. The van der Waals surface area contributed by atoms with E-state index in [1.165, 1.54) is 43.8 Å². The fourth-order valence-electron chi connectivity index (χ4n) is 8.67. The van der Waals surface area contributed by atoms with E-state index in [4.69, 9.17) is 16.7 Å². The van der Waals surface area contributed by atoms with Crippen LogP contribution in [0.4, 0.5) is 0 Å². The molecular weight excluding hydrogens is 460 g/mol. The third-order valence-electron chi connectivity index (χ3n) is 8.07. The first kappa shape index (κ1) is 24.8. The Bertz CT molecular complexity index is 901. The van der Waals surface area contributed by atoms with Gasteiger partial charge >= 0.3 is 11.9 Å². The van der Waals surface area contributed by atoms with Crippen molar-refractivity contribution in [1.82, 2.24) is 9.97 Å². The van der Waals surface area contributed by atoms with Gasteiger partial charge in [-0.15, -0.1) is 11.6 Å². The third-order valence-corrected chi connectivity index (χ3v) is 9.74. The largest absolute Gasteiger partial charge is 0.481 e. The summed E-state index contributed by atoms with van der Waals surface area (Å²) in [4.78, 5) is 30.3. The summed E-state index contributed by atoms with van der Waals surface area (Å²) < 4.78 is 0. The minimum absolute atomic E-state index is 0.0729. The van der Waals surface area contributed by atoms with Gasteiger partial charge in [-0.1, -0.05) is 32.5 Å². The summed E-state index contributed by atoms with van der Waals surface area (Å²) in [7, 11) is 0. The first-order chi connectivity index (χ1) is 15.4. The maximum absolute atomic E-state index is 11.4. The summed E-state index contributed by atoms with van der Waals surface area (Å²) in [5.74, 6) is -1.55. The van der Waals surface area contributed by atoms with E-state index in [1.54, 1.807) is 0 Å². The lowest BCUT2D eigenvalue weighted by atomic mass is 9.36. The average Bonchev–Trinajstić information content (AvgIpc) is 2.68. The van der Waals surface area contributed by atoms with Gasteiger partial charge in [0.25, 0.3) is 0 Å². The van der Waals surface area contributed by atoms with Crippen molar-refractivity contribution >= 4 is 35.3 Å². The molecule has 4 fully saturated rings. The highest BCUT2D eigenvalue weighted by atomic mass is 35.5. The van der Waals surface area contributed by atoms with Crippen molar-refractivity contribution in [2.45, 2.75) is 95.4 Å². The van der Waals surface area contributed by atoms with Crippen LogP contribution in [0.2, 0.25) is 0 Å². The van der Waals surface area contributed by atoms with Gasteiger partial charge in [-0.25, -0.2) is 9.97 Å². The number of carboxylic acids is 2. The number of hydrogen-bond acceptors (Lipinski definition) is 5. The second-order valence-corrected chi connectivity index (χ2v) is 13.4. The molecular formula is C25H35ClN2O4S. The lowest BCUT2D eigenvalue weighted by Gasteiger charge is -2.69. The number of fused-ring (bicyclic) bond motifs is 1. The maximum Gasteiger partial charge on any atom is 0.322 e. The van der Waals surface area contributed by atoms with Crippen molar-refractivity contribution in [3.8, 4) is 0 Å². The van der Waals surface area contributed by atoms with Crippen molar-refractivity contribution in [3.05, 3.63) is 17.6 Å². The van der Waals surface area contributed by atoms with E-state index in [0.717, 1.165) is 54.8 Å². The van der Waals surface area contributed by atoms with Gasteiger partial charge < -0.3 is 10.2 Å². The second-order valence-electron chi connectivity index (χ2n) is 12.0. The highest BCUT2D eigenvalue weighted by molar-refractivity contribution is 7.99. The highest BCUT2D eigenvalue weighted by Gasteiger charge is 2.66. The third kappa shape index (κ3) is 5.04. The number of aromatic nitrogens is 2. The van der Waals surface area contributed by atoms with E-state index < -0.39 is 17.3 Å². The minimum Gasteiger partial charge on any atom is -0.481 e. The van der Waals surface area contributed by atoms with Crippen molar-refractivity contribution in [3.63, 3.8) is 0 Å². The maximum atomic E-state index is 11.4. The number of carbonyl (C=O) groups is 2. The Kier molecular flexibility index (Phi) is 6.54. The SMILES string of the molecule is CC12CC3(C)CC(C)(C1)CC(C(Cl)C(=O)O)(C2)C3.O=C(O)CSc1ncnc2c1CCCC2. The first-order valence-electron chi connectivity index (χ1n) is 11.9. The van der Waals surface area contributed by atoms with Crippen molar-refractivity contribution in [1.29, 1.82) is 0 Å². The van der Waals surface area contributed by atoms with Gasteiger partial charge in [0, 0.05) is 11.3 Å². The van der Waals surface area contributed by atoms with Gasteiger partial charge in [-0.05, 0) is 85.9 Å². The fourth-order valence-corrected chi connectivity index (χ4v) is 9.67. The Labute approximate surface area is 205 Å². The van der Waals surface area contributed by atoms with Gasteiger partial charge in [-0.2, -0.15) is 0 Å². The standard InChI is InChI=1S/C15H23ClO2.C10H12N2O2S/c1-12-4-13(2)6-14(3,5-12)9-15(7-12,8-13)10(16)11(17)18;13-9(14)5-15-10-7-3-1-2-4-8(7)11-6-12-10/h10H,4-9H2,1-3H3,(H,17,18);6H,1-5H2,(H,13,14). The topological polar surface area (TPSA) is 100 Å². The molecule has 6 rings (SSSR count). The molecule has 182 valence electrons. The van der Waals surface area contributed by atoms with Gasteiger partial charge in [0.2, 0.25) is 0 Å². The molecule has 1 aromatic rings. The number of carboxylic acid groups (broad SMARTS) is 2. The number of alkyl halides is 1. The lowest BCUT2D eigenvalue weighted by molar-refractivity contribution is -0.189. The van der Waals surface area contributed by atoms with Crippen LogP contribution in [0.25, 0.3) is 0 Å². The zero-order chi connectivity index (χ0) is 24.1. The first-order valence-corrected chi connectivity index (χ1v) is 13.3. The van der Waals surface area contributed by atoms with Gasteiger partial charge in [0.05, 0.1) is 5.75 Å². The van der Waals surface area contributed by atoms with Crippen molar-refractivity contribution < 1.29 is 19.8 Å². The monoisotopic (exact) mass is 494 g/mol. The summed E-state index contributed by atoms with van der Waals surface area (Å²) in [5, 5.41) is 18.1. The predicted molar refractivity (Wildman–Crippen MR) is 129 cm³/mol. The summed E-state index contributed by atoms with van der Waals surface area (Å²) in [6.07, 6.45) is 12.6. The van der Waals surface area contributed by atoms with Crippen LogP contribution >= 0.6 is 23.4 Å². The highest BCUT2D eigenvalue weighted by Crippen LogP contribution is 2.74. The van der Waals surface area contributed by atoms with Crippen molar-refractivity contribution in [2.24, 2.45) is 21.7 Å². The lowest BCUT2D eigenvalue weighted by Crippen LogP contribution is -2.62. The minimum atomic E-state index is -0.825. The van der Waals surface area contributed by atoms with Crippen LogP contribution in [0, 0.1) is 21.7 Å². The molecule has 5 aliphatic carbocycles. The van der Waals surface area contributed by atoms with Crippen molar-refractivity contribution in [2.75, 3.05) is 5.75 Å². The van der Waals surface area contributed by atoms with E-state index in [-0.39, 0.29) is 11.2 Å². The quantitative estimate of drug-likeness (QED) is 0.312. The normalized spacial score (nSPS) is 37.0. The molecule has 0 amide bonds. The molecule has 5 aliphatic rings. The fraction of sp³-hybridized carbons (Fsp3) is 0.760. The summed E-state index contributed by atoms with van der Waals surface area (Å²) in [5.41, 5.74) is 3.02. The molecule has 4 saturated carbocycles. The van der Waals surface area contributed by atoms with Gasteiger partial charge in [0.1, 0.15) is 16.7 Å². The Hall–Kier alpha value is -1.34. The molecule has 0 radical (unpaired) electrons. The van der Waals surface area contributed by atoms with Gasteiger partial charge in [0.15, 0.2) is 0 Å². The number of thioether (sulfide) groups is 1. The molecule has 0 saturated heterocycles. The van der Waals surface area contributed by atoms with Crippen LogP contribution < -0.4 is 0 Å². The molecule has 1 heterocycles. The Morgan fingerprint density at radius 2 is 1.52 bits per heavy atom. The molecule has 33 heavy (non-hydrogen) atoms. The van der Waals surface area contributed by atoms with Crippen LogP contribution in [-0.4, -0.2) is 43.2 Å². The Morgan fingerprint density at radius 1 is 0.970 bits per heavy atom. The Balaban J connectivity index is 0.000000160. The number of aryl methyl sites for hydroxylation is 1. The predicted octanol–water partition coefficient (Wildman–Crippen LogP) is 5.60. The summed E-state index contributed by atoms with van der Waals surface area (Å²) >= 11 is 7.62. The summed E-state index contributed by atoms with van der Waals surface area (Å²) in [6, 6.07) is 0. The number of hydrogen-bond donors (Lipinski definition) is 2. The molecule has 8 heteroatoms. The molecule has 0 aliphatic heterocycles. The van der Waals surface area contributed by atoms with Crippen LogP contribution in [0.15, 0.2) is 11.4 Å². The molecule has 2 N–H and O–H groups in total. The molecule has 1 atom stereocenters. The van der Waals surface area contributed by atoms with Crippen LogP contribution in [0.3, 0.4) is 0 Å². The van der Waals surface area contributed by atoms with E-state index in [0.29, 0.717) is 16.2 Å². The second kappa shape index (κ2) is 8.71. The van der Waals surface area contributed by atoms with E-state index in [2.05, 4.69) is 30.7 Å². The van der Waals surface area contributed by atoms with Crippen LogP contribution in [-0.2, 0) is 22.4 Å². The Morgan fingerprint density at radius 3 is 2.03 bits per heavy atom. The number of aliphatic carboxylic acids is 2. The van der Waals surface area contributed by atoms with E-state index in [1.807, 2.05) is 0 Å². The average molecular weight is 495 g/mol. The molecule has 0 spiro atoms. The molecule has 1 aromatic heterocycles. The van der Waals surface area contributed by atoms with E-state index >= 15 is 0 Å². The smallest absolute Gasteiger partial charge is 0.322 e. The van der Waals surface area contributed by atoms with Crippen LogP contribution in [0.1, 0.15) is 83.4 Å². The van der Waals surface area contributed by atoms with Gasteiger partial charge in [-0.3, -0.25) is 9.59 Å². The molecule has 4 bridgehead atoms. The molecule has 0 aromatic carbocycles. The number of halogens is 1. The zero-order valence-electron chi connectivity index (χ0n) is 19.8. The molecule has 6 nitrogen and oxygen atoms in total.